The molecule has 0 radical (unpaired) electrons. The van der Waals surface area contributed by atoms with E-state index in [0.717, 1.165) is 5.48 Å². The monoisotopic (exact) mass is 170 g/mol. The highest BCUT2D eigenvalue weighted by Gasteiger charge is 2.14. The molecule has 1 amide bonds. The first-order chi connectivity index (χ1) is 4.45. The Balaban J connectivity index is 3.56. The highest BCUT2D eigenvalue weighted by molar-refractivity contribution is 7.46. The number of phosphoric acid groups is 1. The zero-order chi connectivity index (χ0) is 8.20. The first-order valence-electron chi connectivity index (χ1n) is 2.07. The van der Waals surface area contributed by atoms with Crippen molar-refractivity contribution in [3.8, 4) is 0 Å². The van der Waals surface area contributed by atoms with Crippen LogP contribution in [0.15, 0.2) is 0 Å². The molecule has 0 saturated carbocycles. The molecule has 10 heavy (non-hydrogen) atoms. The summed E-state index contributed by atoms with van der Waals surface area (Å²) in [5, 5.41) is 9.41. The number of hydrogen-bond donors (Lipinski definition) is 3. The molecule has 60 valence electrons. The Kier molecular flexibility index (Phi) is 3.48. The van der Waals surface area contributed by atoms with E-state index in [0.29, 0.717) is 0 Å². The quantitative estimate of drug-likeness (QED) is 0.358. The number of rotatable bonds is 3. The van der Waals surface area contributed by atoms with Crippen molar-refractivity contribution in [1.82, 2.24) is 5.48 Å². The van der Waals surface area contributed by atoms with E-state index in [-0.39, 0.29) is 0 Å². The van der Waals surface area contributed by atoms with Crippen molar-refractivity contribution in [3.05, 3.63) is 5.21 Å². The second kappa shape index (κ2) is 3.65. The molecule has 0 unspecified atom stereocenters. The van der Waals surface area contributed by atoms with E-state index in [4.69, 9.17) is 9.79 Å². The largest absolute Gasteiger partial charge is 0.759 e. The third kappa shape index (κ3) is 5.67. The van der Waals surface area contributed by atoms with Gasteiger partial charge in [-0.25, -0.2) is 4.57 Å². The highest BCUT2D eigenvalue weighted by Crippen LogP contribution is 2.35. The minimum Gasteiger partial charge on any atom is -0.759 e. The molecule has 0 aromatic carbocycles. The molecule has 0 aromatic rings. The van der Waals surface area contributed by atoms with Gasteiger partial charge in [0, 0.05) is 0 Å². The topological polar surface area (TPSA) is 119 Å². The fraction of sp³-hybridized carbons (Fsp3) is 0.500. The Bertz CT molecular complexity index is 161. The van der Waals surface area contributed by atoms with Gasteiger partial charge in [0.15, 0.2) is 0 Å². The Morgan fingerprint density at radius 2 is 2.20 bits per heavy atom. The average Bonchev–Trinajstić information content (AvgIpc) is 1.81. The summed E-state index contributed by atoms with van der Waals surface area (Å²) in [7, 11) is -4.63. The molecule has 0 spiro atoms. The maximum absolute atomic E-state index is 9.97. The maximum Gasteiger partial charge on any atom is 0.470 e. The molecule has 0 rings (SSSR count). The van der Waals surface area contributed by atoms with Crippen molar-refractivity contribution in [3.63, 3.8) is 0 Å². The summed E-state index contributed by atoms with van der Waals surface area (Å²) in [5.74, 6) is -1.14. The Hall–Kier alpha value is -0.460. The number of carbonyl (C=O) groups is 1. The predicted molar refractivity (Wildman–Crippen MR) is 29.5 cm³/mol. The van der Waals surface area contributed by atoms with Crippen LogP contribution < -0.4 is 5.48 Å². The van der Waals surface area contributed by atoms with Crippen LogP contribution in [0.5, 0.6) is 0 Å². The minimum absolute atomic E-state index is 0.880. The molecule has 7 nitrogen and oxygen atoms in total. The standard InChI is InChI=1S/C2H5NO6P/c4-2(3-5)1-9-10(6,7)8/h1H2,(H3-,3,4,5,6,7,8)/q-1. The summed E-state index contributed by atoms with van der Waals surface area (Å²) in [6, 6.07) is 0. The van der Waals surface area contributed by atoms with Gasteiger partial charge in [0.2, 0.25) is 5.91 Å². The molecule has 0 atom stereocenters. The van der Waals surface area contributed by atoms with E-state index in [1.54, 1.807) is 0 Å². The van der Waals surface area contributed by atoms with E-state index in [1.807, 2.05) is 0 Å². The predicted octanol–water partition coefficient (Wildman–Crippen LogP) is -1.29. The van der Waals surface area contributed by atoms with Crippen LogP contribution in [0.3, 0.4) is 0 Å². The SMILES string of the molecule is O=C(COP(=O)(O)O)N[O-]. The lowest BCUT2D eigenvalue weighted by molar-refractivity contribution is -0.122. The molecule has 0 fully saturated rings. The van der Waals surface area contributed by atoms with Gasteiger partial charge in [-0.1, -0.05) is 0 Å². The third-order valence-electron chi connectivity index (χ3n) is 0.478. The molecule has 0 aromatic heterocycles. The first-order valence-corrected chi connectivity index (χ1v) is 3.60. The van der Waals surface area contributed by atoms with Gasteiger partial charge in [-0.05, 0) is 0 Å². The molecule has 3 N–H and O–H groups in total. The average molecular weight is 170 g/mol. The second-order valence-electron chi connectivity index (χ2n) is 1.29. The molecular weight excluding hydrogens is 165 g/mol. The number of amides is 1. The molecule has 0 aliphatic heterocycles. The van der Waals surface area contributed by atoms with E-state index < -0.39 is 20.3 Å². The van der Waals surface area contributed by atoms with Crippen molar-refractivity contribution >= 4 is 13.7 Å². The lowest BCUT2D eigenvalue weighted by atomic mass is 10.7. The van der Waals surface area contributed by atoms with Crippen molar-refractivity contribution in [2.45, 2.75) is 0 Å². The molecular formula is C2H5NO6P-. The lowest BCUT2D eigenvalue weighted by Crippen LogP contribution is -2.20. The van der Waals surface area contributed by atoms with Crippen molar-refractivity contribution in [2.75, 3.05) is 6.61 Å². The molecule has 0 aliphatic rings. The second-order valence-corrected chi connectivity index (χ2v) is 2.53. The van der Waals surface area contributed by atoms with Gasteiger partial charge in [-0.3, -0.25) is 9.32 Å². The fourth-order valence-corrected chi connectivity index (χ4v) is 0.458. The van der Waals surface area contributed by atoms with E-state index in [9.17, 15) is 14.6 Å². The fourth-order valence-electron chi connectivity index (χ4n) is 0.172. The zero-order valence-corrected chi connectivity index (χ0v) is 5.58. The Morgan fingerprint density at radius 1 is 1.70 bits per heavy atom. The van der Waals surface area contributed by atoms with Crippen LogP contribution >= 0.6 is 7.82 Å². The molecule has 8 heteroatoms. The van der Waals surface area contributed by atoms with Crippen LogP contribution in [0.2, 0.25) is 0 Å². The smallest absolute Gasteiger partial charge is 0.470 e. The van der Waals surface area contributed by atoms with Gasteiger partial charge >= 0.3 is 7.82 Å². The summed E-state index contributed by atoms with van der Waals surface area (Å²) in [5.41, 5.74) is 0.880. The van der Waals surface area contributed by atoms with Crippen LogP contribution in [0.25, 0.3) is 0 Å². The highest BCUT2D eigenvalue weighted by atomic mass is 31.2. The zero-order valence-electron chi connectivity index (χ0n) is 4.68. The van der Waals surface area contributed by atoms with Crippen LogP contribution in [0.4, 0.5) is 0 Å². The number of nitrogens with one attached hydrogen (secondary N) is 1. The molecule has 0 heterocycles. The van der Waals surface area contributed by atoms with Crippen molar-refractivity contribution in [1.29, 1.82) is 0 Å². The number of hydroxylamine groups is 1. The summed E-state index contributed by atoms with van der Waals surface area (Å²) in [4.78, 5) is 25.9. The van der Waals surface area contributed by atoms with Gasteiger partial charge in [-0.2, -0.15) is 0 Å². The Labute approximate surface area is 55.8 Å². The van der Waals surface area contributed by atoms with Crippen LogP contribution in [-0.4, -0.2) is 22.3 Å². The van der Waals surface area contributed by atoms with Crippen LogP contribution in [0, 0.1) is 5.21 Å². The van der Waals surface area contributed by atoms with E-state index in [2.05, 4.69) is 4.52 Å². The van der Waals surface area contributed by atoms with Crippen molar-refractivity contribution < 1.29 is 23.7 Å². The van der Waals surface area contributed by atoms with Gasteiger partial charge in [0.1, 0.15) is 6.61 Å². The number of carbonyl (C=O) groups excluding carboxylic acids is 1. The van der Waals surface area contributed by atoms with Gasteiger partial charge in [0.25, 0.3) is 0 Å². The summed E-state index contributed by atoms with van der Waals surface area (Å²) in [6.45, 7) is -0.937. The van der Waals surface area contributed by atoms with Crippen molar-refractivity contribution in [2.24, 2.45) is 0 Å². The Morgan fingerprint density at radius 3 is 2.50 bits per heavy atom. The molecule has 0 aliphatic carbocycles. The van der Waals surface area contributed by atoms with Gasteiger partial charge in [-0.15, -0.1) is 0 Å². The summed E-state index contributed by atoms with van der Waals surface area (Å²) in [6.07, 6.45) is 0. The normalized spacial score (nSPS) is 11.1. The number of phosphoric ester groups is 1. The van der Waals surface area contributed by atoms with E-state index in [1.165, 1.54) is 0 Å². The minimum atomic E-state index is -4.63. The number of hydrogen-bond acceptors (Lipinski definition) is 4. The van der Waals surface area contributed by atoms with Gasteiger partial charge < -0.3 is 20.5 Å². The summed E-state index contributed by atoms with van der Waals surface area (Å²) < 4.78 is 13.5. The van der Waals surface area contributed by atoms with Gasteiger partial charge in [0.05, 0.1) is 0 Å². The lowest BCUT2D eigenvalue weighted by Gasteiger charge is -2.07. The first kappa shape index (κ1) is 9.54. The molecule has 0 bridgehead atoms. The summed E-state index contributed by atoms with van der Waals surface area (Å²) >= 11 is 0. The molecule has 0 saturated heterocycles. The third-order valence-corrected chi connectivity index (χ3v) is 0.943. The maximum atomic E-state index is 9.97. The van der Waals surface area contributed by atoms with Crippen LogP contribution in [0.1, 0.15) is 0 Å². The van der Waals surface area contributed by atoms with E-state index >= 15 is 0 Å². The van der Waals surface area contributed by atoms with Crippen LogP contribution in [-0.2, 0) is 13.9 Å².